The average Bonchev–Trinajstić information content (AvgIpc) is 2.56. The van der Waals surface area contributed by atoms with Crippen molar-refractivity contribution in [2.24, 2.45) is 0 Å². The molecule has 0 bridgehead atoms. The molecule has 0 fully saturated rings. The summed E-state index contributed by atoms with van der Waals surface area (Å²) in [5, 5.41) is 0. The summed E-state index contributed by atoms with van der Waals surface area (Å²) in [6, 6.07) is 15.4. The van der Waals surface area contributed by atoms with Crippen LogP contribution in [0.5, 0.6) is 5.75 Å². The van der Waals surface area contributed by atoms with Crippen LogP contribution in [0, 0.1) is 0 Å². The molecular weight excluding hydrogens is 280 g/mol. The SMILES string of the molecule is CO/C=C(/C)C(=O)Oc1ccc(C(=O)c2ccccc2)cc1. The number of hydrogen-bond acceptors (Lipinski definition) is 4. The molecule has 112 valence electrons. The molecular formula is C18H16O4. The first-order valence-corrected chi connectivity index (χ1v) is 6.73. The van der Waals surface area contributed by atoms with Crippen LogP contribution in [-0.4, -0.2) is 18.9 Å². The first-order chi connectivity index (χ1) is 10.6. The summed E-state index contributed by atoms with van der Waals surface area (Å²) in [6.07, 6.45) is 1.32. The fraction of sp³-hybridized carbons (Fsp3) is 0.111. The number of esters is 1. The molecule has 22 heavy (non-hydrogen) atoms. The lowest BCUT2D eigenvalue weighted by atomic mass is 10.0. The molecule has 4 nitrogen and oxygen atoms in total. The maximum atomic E-state index is 12.2. The minimum absolute atomic E-state index is 0.0751. The van der Waals surface area contributed by atoms with Gasteiger partial charge in [-0.15, -0.1) is 0 Å². The van der Waals surface area contributed by atoms with Crippen LogP contribution in [0.4, 0.5) is 0 Å². The first kappa shape index (κ1) is 15.5. The van der Waals surface area contributed by atoms with Gasteiger partial charge in [-0.3, -0.25) is 4.79 Å². The summed E-state index contributed by atoms with van der Waals surface area (Å²) in [5.74, 6) is -0.198. The van der Waals surface area contributed by atoms with Crippen molar-refractivity contribution in [3.05, 3.63) is 77.6 Å². The zero-order valence-corrected chi connectivity index (χ0v) is 12.4. The van der Waals surface area contributed by atoms with Gasteiger partial charge in [0.2, 0.25) is 0 Å². The fourth-order valence-corrected chi connectivity index (χ4v) is 1.84. The molecule has 0 heterocycles. The number of carbonyl (C=O) groups excluding carboxylic acids is 2. The molecule has 2 aromatic carbocycles. The third kappa shape index (κ3) is 3.82. The van der Waals surface area contributed by atoms with E-state index >= 15 is 0 Å². The number of benzene rings is 2. The second-order valence-electron chi connectivity index (χ2n) is 4.65. The van der Waals surface area contributed by atoms with Crippen LogP contribution < -0.4 is 4.74 Å². The number of methoxy groups -OCH3 is 1. The monoisotopic (exact) mass is 296 g/mol. The summed E-state index contributed by atoms with van der Waals surface area (Å²) in [5.41, 5.74) is 1.51. The third-order valence-electron chi connectivity index (χ3n) is 2.98. The van der Waals surface area contributed by atoms with Gasteiger partial charge < -0.3 is 9.47 Å². The Morgan fingerprint density at radius 3 is 2.09 bits per heavy atom. The highest BCUT2D eigenvalue weighted by molar-refractivity contribution is 6.09. The van der Waals surface area contributed by atoms with E-state index in [-0.39, 0.29) is 5.78 Å². The van der Waals surface area contributed by atoms with E-state index in [1.807, 2.05) is 18.2 Å². The largest absolute Gasteiger partial charge is 0.504 e. The van der Waals surface area contributed by atoms with Gasteiger partial charge in [-0.25, -0.2) is 4.79 Å². The Hall–Kier alpha value is -2.88. The first-order valence-electron chi connectivity index (χ1n) is 6.73. The molecule has 4 heteroatoms. The van der Waals surface area contributed by atoms with E-state index in [0.29, 0.717) is 22.4 Å². The predicted molar refractivity (Wildman–Crippen MR) is 82.7 cm³/mol. The molecule has 0 saturated heterocycles. The number of ketones is 1. The molecule has 0 aliphatic rings. The van der Waals surface area contributed by atoms with Crippen molar-refractivity contribution in [2.75, 3.05) is 7.11 Å². The maximum absolute atomic E-state index is 12.2. The molecule has 0 N–H and O–H groups in total. The van der Waals surface area contributed by atoms with Gasteiger partial charge in [0.15, 0.2) is 5.78 Å². The van der Waals surface area contributed by atoms with Crippen LogP contribution in [0.2, 0.25) is 0 Å². The zero-order valence-electron chi connectivity index (χ0n) is 12.4. The van der Waals surface area contributed by atoms with Crippen molar-refractivity contribution in [3.8, 4) is 5.75 Å². The van der Waals surface area contributed by atoms with Crippen LogP contribution >= 0.6 is 0 Å². The number of ether oxygens (including phenoxy) is 2. The number of carbonyl (C=O) groups is 2. The molecule has 0 radical (unpaired) electrons. The smallest absolute Gasteiger partial charge is 0.342 e. The summed E-state index contributed by atoms with van der Waals surface area (Å²) in [7, 11) is 1.46. The van der Waals surface area contributed by atoms with Crippen LogP contribution in [-0.2, 0) is 9.53 Å². The van der Waals surface area contributed by atoms with Crippen molar-refractivity contribution in [1.29, 1.82) is 0 Å². The molecule has 0 aliphatic heterocycles. The topological polar surface area (TPSA) is 52.6 Å². The van der Waals surface area contributed by atoms with Gasteiger partial charge in [0.1, 0.15) is 5.75 Å². The minimum Gasteiger partial charge on any atom is -0.504 e. The Morgan fingerprint density at radius 1 is 0.909 bits per heavy atom. The normalized spacial score (nSPS) is 10.9. The van der Waals surface area contributed by atoms with E-state index in [0.717, 1.165) is 0 Å². The van der Waals surface area contributed by atoms with Crippen LogP contribution in [0.15, 0.2) is 66.4 Å². The van der Waals surface area contributed by atoms with Crippen molar-refractivity contribution < 1.29 is 19.1 Å². The molecule has 0 aromatic heterocycles. The van der Waals surface area contributed by atoms with Gasteiger partial charge in [0, 0.05) is 11.1 Å². The Bertz CT molecular complexity index is 685. The van der Waals surface area contributed by atoms with Crippen LogP contribution in [0.25, 0.3) is 0 Å². The van der Waals surface area contributed by atoms with Crippen LogP contribution in [0.1, 0.15) is 22.8 Å². The van der Waals surface area contributed by atoms with Gasteiger partial charge in [-0.1, -0.05) is 30.3 Å². The Kier molecular flexibility index (Phi) is 5.09. The van der Waals surface area contributed by atoms with Gasteiger partial charge in [-0.2, -0.15) is 0 Å². The van der Waals surface area contributed by atoms with Gasteiger partial charge in [0.25, 0.3) is 0 Å². The van der Waals surface area contributed by atoms with E-state index in [2.05, 4.69) is 0 Å². The average molecular weight is 296 g/mol. The highest BCUT2D eigenvalue weighted by Crippen LogP contribution is 2.16. The second kappa shape index (κ2) is 7.22. The summed E-state index contributed by atoms with van der Waals surface area (Å²) < 4.78 is 9.93. The minimum atomic E-state index is -0.496. The molecule has 0 atom stereocenters. The van der Waals surface area contributed by atoms with Crippen LogP contribution in [0.3, 0.4) is 0 Å². The number of hydrogen-bond donors (Lipinski definition) is 0. The Labute approximate surface area is 129 Å². The van der Waals surface area contributed by atoms with E-state index in [9.17, 15) is 9.59 Å². The van der Waals surface area contributed by atoms with Gasteiger partial charge in [-0.05, 0) is 31.2 Å². The lowest BCUT2D eigenvalue weighted by Gasteiger charge is -2.06. The number of rotatable bonds is 5. The molecule has 2 rings (SSSR count). The van der Waals surface area contributed by atoms with Gasteiger partial charge in [0.05, 0.1) is 18.9 Å². The molecule has 0 saturated carbocycles. The molecule has 0 aliphatic carbocycles. The van der Waals surface area contributed by atoms with E-state index in [1.165, 1.54) is 13.4 Å². The Morgan fingerprint density at radius 2 is 1.50 bits per heavy atom. The molecule has 0 spiro atoms. The van der Waals surface area contributed by atoms with E-state index < -0.39 is 5.97 Å². The van der Waals surface area contributed by atoms with Gasteiger partial charge >= 0.3 is 5.97 Å². The quantitative estimate of drug-likeness (QED) is 0.279. The fourth-order valence-electron chi connectivity index (χ4n) is 1.84. The zero-order chi connectivity index (χ0) is 15.9. The van der Waals surface area contributed by atoms with Crippen molar-refractivity contribution >= 4 is 11.8 Å². The van der Waals surface area contributed by atoms with Crippen molar-refractivity contribution in [1.82, 2.24) is 0 Å². The van der Waals surface area contributed by atoms with E-state index in [4.69, 9.17) is 9.47 Å². The second-order valence-corrected chi connectivity index (χ2v) is 4.65. The highest BCUT2D eigenvalue weighted by Gasteiger charge is 2.11. The third-order valence-corrected chi connectivity index (χ3v) is 2.98. The lowest BCUT2D eigenvalue weighted by molar-refractivity contribution is -0.130. The summed E-state index contributed by atoms with van der Waals surface area (Å²) in [4.78, 5) is 23.9. The summed E-state index contributed by atoms with van der Waals surface area (Å²) >= 11 is 0. The highest BCUT2D eigenvalue weighted by atomic mass is 16.5. The Balaban J connectivity index is 2.09. The standard InChI is InChI=1S/C18H16O4/c1-13(12-21-2)18(20)22-16-10-8-15(9-11-16)17(19)14-6-4-3-5-7-14/h3-12H,1-2H3/b13-12-. The maximum Gasteiger partial charge on any atom is 0.342 e. The molecule has 0 unspecified atom stereocenters. The predicted octanol–water partition coefficient (Wildman–Crippen LogP) is 3.37. The van der Waals surface area contributed by atoms with Crippen molar-refractivity contribution in [3.63, 3.8) is 0 Å². The van der Waals surface area contributed by atoms with E-state index in [1.54, 1.807) is 43.3 Å². The lowest BCUT2D eigenvalue weighted by Crippen LogP contribution is -2.09. The summed E-state index contributed by atoms with van der Waals surface area (Å²) in [6.45, 7) is 1.60. The van der Waals surface area contributed by atoms with Crippen molar-refractivity contribution in [2.45, 2.75) is 6.92 Å². The molecule has 2 aromatic rings. The molecule has 0 amide bonds.